The third-order valence-corrected chi connectivity index (χ3v) is 7.83. The molecule has 0 saturated carbocycles. The van der Waals surface area contributed by atoms with Gasteiger partial charge in [-0.2, -0.15) is 0 Å². The third-order valence-electron chi connectivity index (χ3n) is 7.83. The Morgan fingerprint density at radius 1 is 0.410 bits per heavy atom. The minimum absolute atomic E-state index is 0.746. The molecule has 0 aliphatic rings. The van der Waals surface area contributed by atoms with Crippen LogP contribution in [0, 0.1) is 0 Å². The minimum Gasteiger partial charge on any atom is -0.453 e. The fourth-order valence-corrected chi connectivity index (χ4v) is 6.15. The summed E-state index contributed by atoms with van der Waals surface area (Å²) in [6.07, 6.45) is 3.66. The number of benzene rings is 4. The number of fused-ring (bicyclic) bond motifs is 9. The van der Waals surface area contributed by atoms with Gasteiger partial charge in [0.2, 0.25) is 0 Å². The van der Waals surface area contributed by atoms with Gasteiger partial charge in [0.05, 0.1) is 34.5 Å². The third kappa shape index (κ3) is 2.79. The number of furan rings is 1. The van der Waals surface area contributed by atoms with E-state index in [1.165, 1.54) is 21.5 Å². The first kappa shape index (κ1) is 20.6. The van der Waals surface area contributed by atoms with Crippen molar-refractivity contribution in [1.29, 1.82) is 0 Å². The SMILES string of the molecule is c1ccc2c(c1)c1ccccc1n2-c1cc2c(cn1)oc1cnc(-n3c4ccccc4c4ccccc43)cc12. The van der Waals surface area contributed by atoms with Crippen LogP contribution in [0.15, 0.2) is 126 Å². The second-order valence-corrected chi connectivity index (χ2v) is 9.92. The van der Waals surface area contributed by atoms with Gasteiger partial charge in [-0.05, 0) is 36.4 Å². The molecule has 9 rings (SSSR count). The van der Waals surface area contributed by atoms with Crippen LogP contribution in [-0.2, 0) is 0 Å². The van der Waals surface area contributed by atoms with E-state index >= 15 is 0 Å². The zero-order valence-corrected chi connectivity index (χ0v) is 20.7. The van der Waals surface area contributed by atoms with Gasteiger partial charge in [0.25, 0.3) is 0 Å². The lowest BCUT2D eigenvalue weighted by atomic mass is 10.2. The monoisotopic (exact) mass is 500 g/mol. The van der Waals surface area contributed by atoms with E-state index in [0.717, 1.165) is 55.6 Å². The highest BCUT2D eigenvalue weighted by Crippen LogP contribution is 2.36. The summed E-state index contributed by atoms with van der Waals surface area (Å²) in [4.78, 5) is 9.69. The molecule has 0 aliphatic heterocycles. The van der Waals surface area contributed by atoms with Gasteiger partial charge in [-0.25, -0.2) is 9.97 Å². The first-order chi connectivity index (χ1) is 19.3. The van der Waals surface area contributed by atoms with E-state index in [-0.39, 0.29) is 0 Å². The molecular weight excluding hydrogens is 480 g/mol. The summed E-state index contributed by atoms with van der Waals surface area (Å²) < 4.78 is 10.7. The Morgan fingerprint density at radius 3 is 1.10 bits per heavy atom. The topological polar surface area (TPSA) is 48.8 Å². The van der Waals surface area contributed by atoms with Crippen molar-refractivity contribution in [2.75, 3.05) is 0 Å². The molecular formula is C34H20N4O. The molecule has 0 atom stereocenters. The van der Waals surface area contributed by atoms with Crippen LogP contribution in [-0.4, -0.2) is 19.1 Å². The molecule has 5 nitrogen and oxygen atoms in total. The normalized spacial score (nSPS) is 12.1. The molecule has 0 N–H and O–H groups in total. The molecule has 5 heteroatoms. The smallest absolute Gasteiger partial charge is 0.153 e. The molecule has 9 aromatic rings. The number of rotatable bonds is 2. The quantitative estimate of drug-likeness (QED) is 0.239. The van der Waals surface area contributed by atoms with E-state index in [9.17, 15) is 0 Å². The minimum atomic E-state index is 0.746. The molecule has 182 valence electrons. The van der Waals surface area contributed by atoms with E-state index in [2.05, 4.69) is 118 Å². The van der Waals surface area contributed by atoms with Gasteiger partial charge in [0, 0.05) is 32.3 Å². The number of hydrogen-bond acceptors (Lipinski definition) is 3. The highest BCUT2D eigenvalue weighted by molar-refractivity contribution is 6.11. The summed E-state index contributed by atoms with van der Waals surface area (Å²) in [5, 5.41) is 6.88. The van der Waals surface area contributed by atoms with E-state index in [1.807, 2.05) is 12.4 Å². The van der Waals surface area contributed by atoms with Gasteiger partial charge in [0.15, 0.2) is 11.2 Å². The molecule has 5 aromatic heterocycles. The average Bonchev–Trinajstić information content (AvgIpc) is 3.64. The molecule has 4 aromatic carbocycles. The molecule has 0 bridgehead atoms. The molecule has 0 fully saturated rings. The summed E-state index contributed by atoms with van der Waals surface area (Å²) in [5.41, 5.74) is 6.01. The van der Waals surface area contributed by atoms with Crippen molar-refractivity contribution in [3.63, 3.8) is 0 Å². The van der Waals surface area contributed by atoms with Crippen LogP contribution in [0.2, 0.25) is 0 Å². The standard InChI is InChI=1S/C34H20N4O/c1-5-13-27-21(9-1)22-10-2-6-14-28(22)37(27)33-17-25-26-18-34(36-20-32(26)39-31(25)19-35-33)38-29-15-7-3-11-23(29)24-12-4-8-16-30(24)38/h1-20H. The highest BCUT2D eigenvalue weighted by Gasteiger charge is 2.17. The number of hydrogen-bond donors (Lipinski definition) is 0. The molecule has 0 saturated heterocycles. The van der Waals surface area contributed by atoms with Crippen LogP contribution >= 0.6 is 0 Å². The second kappa shape index (κ2) is 7.55. The van der Waals surface area contributed by atoms with Crippen molar-refractivity contribution in [3.05, 3.63) is 122 Å². The van der Waals surface area contributed by atoms with E-state index in [4.69, 9.17) is 14.4 Å². The number of nitrogens with zero attached hydrogens (tertiary/aromatic N) is 4. The molecule has 0 unspecified atom stereocenters. The Balaban J connectivity index is 1.32. The van der Waals surface area contributed by atoms with Crippen molar-refractivity contribution in [3.8, 4) is 11.6 Å². The summed E-state index contributed by atoms with van der Waals surface area (Å²) in [7, 11) is 0. The van der Waals surface area contributed by atoms with Crippen LogP contribution in [0.5, 0.6) is 0 Å². The van der Waals surface area contributed by atoms with Gasteiger partial charge >= 0.3 is 0 Å². The lowest BCUT2D eigenvalue weighted by Crippen LogP contribution is -1.97. The van der Waals surface area contributed by atoms with Crippen molar-refractivity contribution in [2.45, 2.75) is 0 Å². The fraction of sp³-hybridized carbons (Fsp3) is 0. The van der Waals surface area contributed by atoms with Crippen molar-refractivity contribution in [2.24, 2.45) is 0 Å². The number of para-hydroxylation sites is 4. The maximum absolute atomic E-state index is 6.20. The Labute approximate surface area is 222 Å². The van der Waals surface area contributed by atoms with E-state index in [1.54, 1.807) is 0 Å². The van der Waals surface area contributed by atoms with Crippen molar-refractivity contribution in [1.82, 2.24) is 19.1 Å². The Morgan fingerprint density at radius 2 is 0.744 bits per heavy atom. The zero-order valence-electron chi connectivity index (χ0n) is 20.7. The summed E-state index contributed by atoms with van der Waals surface area (Å²) >= 11 is 0. The predicted octanol–water partition coefficient (Wildman–Crippen LogP) is 8.57. The average molecular weight is 501 g/mol. The van der Waals surface area contributed by atoms with Crippen LogP contribution in [0.25, 0.3) is 77.2 Å². The number of aromatic nitrogens is 4. The number of pyridine rings is 2. The van der Waals surface area contributed by atoms with Crippen molar-refractivity contribution >= 4 is 65.6 Å². The Bertz CT molecular complexity index is 2130. The summed E-state index contributed by atoms with van der Waals surface area (Å²) in [6, 6.07) is 38.2. The summed E-state index contributed by atoms with van der Waals surface area (Å²) in [5.74, 6) is 1.72. The van der Waals surface area contributed by atoms with Crippen LogP contribution in [0.3, 0.4) is 0 Å². The maximum atomic E-state index is 6.20. The predicted molar refractivity (Wildman–Crippen MR) is 158 cm³/mol. The first-order valence-electron chi connectivity index (χ1n) is 13.0. The summed E-state index contributed by atoms with van der Waals surface area (Å²) in [6.45, 7) is 0. The van der Waals surface area contributed by atoms with Crippen LogP contribution in [0.4, 0.5) is 0 Å². The highest BCUT2D eigenvalue weighted by atomic mass is 16.3. The molecule has 5 heterocycles. The van der Waals surface area contributed by atoms with Gasteiger partial charge in [-0.1, -0.05) is 72.8 Å². The van der Waals surface area contributed by atoms with Gasteiger partial charge < -0.3 is 4.42 Å². The fourth-order valence-electron chi connectivity index (χ4n) is 6.15. The maximum Gasteiger partial charge on any atom is 0.153 e. The second-order valence-electron chi connectivity index (χ2n) is 9.92. The molecule has 39 heavy (non-hydrogen) atoms. The Hall–Kier alpha value is -5.42. The lowest BCUT2D eigenvalue weighted by molar-refractivity contribution is 0.664. The van der Waals surface area contributed by atoms with E-state index < -0.39 is 0 Å². The Kier molecular flexibility index (Phi) is 3.99. The van der Waals surface area contributed by atoms with E-state index in [0.29, 0.717) is 0 Å². The molecule has 0 aliphatic carbocycles. The van der Waals surface area contributed by atoms with Gasteiger partial charge in [-0.15, -0.1) is 0 Å². The largest absolute Gasteiger partial charge is 0.453 e. The van der Waals surface area contributed by atoms with Crippen LogP contribution < -0.4 is 0 Å². The first-order valence-corrected chi connectivity index (χ1v) is 13.0. The van der Waals surface area contributed by atoms with Gasteiger partial charge in [0.1, 0.15) is 11.6 Å². The molecule has 0 radical (unpaired) electrons. The lowest BCUT2D eigenvalue weighted by Gasteiger charge is -2.07. The molecule has 0 spiro atoms. The molecule has 0 amide bonds. The van der Waals surface area contributed by atoms with Gasteiger partial charge in [-0.3, -0.25) is 9.13 Å². The van der Waals surface area contributed by atoms with Crippen LogP contribution in [0.1, 0.15) is 0 Å². The zero-order chi connectivity index (χ0) is 25.5. The van der Waals surface area contributed by atoms with Crippen molar-refractivity contribution < 1.29 is 4.42 Å².